The van der Waals surface area contributed by atoms with Gasteiger partial charge in [0.15, 0.2) is 5.69 Å². The first-order valence-electron chi connectivity index (χ1n) is 13.7. The maximum absolute atomic E-state index is 14.4. The largest absolute Gasteiger partial charge is 0.391 e. The topological polar surface area (TPSA) is 90.1 Å². The lowest BCUT2D eigenvalue weighted by Crippen LogP contribution is -2.34. The van der Waals surface area contributed by atoms with Crippen molar-refractivity contribution >= 4 is 46.0 Å². The molecule has 42 heavy (non-hydrogen) atoms. The molecule has 6 rings (SSSR count). The van der Waals surface area contributed by atoms with Gasteiger partial charge in [0.25, 0.3) is 11.8 Å². The molecule has 2 N–H and O–H groups in total. The van der Waals surface area contributed by atoms with E-state index in [9.17, 15) is 19.1 Å². The third-order valence-corrected chi connectivity index (χ3v) is 9.00. The molecule has 2 aromatic heterocycles. The molecule has 2 aromatic carbocycles. The number of nitrogens with zero attached hydrogens (tertiary/aromatic N) is 4. The number of fused-ring (bicyclic) bond motifs is 3. The highest BCUT2D eigenvalue weighted by Gasteiger charge is 2.31. The standard InChI is InChI=1S/C32H28FN5O3S/c1-18-6-4-7-24(33)29(18)36-31(40)27-15-20-12-13-37(26-16-21(34-3)10-11-23(26)30(20)42-27)32(41)25-8-5-9-28(35-25)38-17-22(39)14-19(38)2/h4-11,15-16,19,22,39H,12-14,17H2,1-2H3,(H,36,40)/t19-,22-/m0/s1. The highest BCUT2D eigenvalue weighted by atomic mass is 32.1. The Morgan fingerprint density at radius 2 is 1.98 bits per heavy atom. The fourth-order valence-corrected chi connectivity index (χ4v) is 6.79. The number of benzene rings is 2. The quantitative estimate of drug-likeness (QED) is 0.279. The number of rotatable bonds is 4. The Balaban J connectivity index is 1.34. The molecule has 2 aliphatic heterocycles. The van der Waals surface area contributed by atoms with E-state index in [4.69, 9.17) is 6.57 Å². The van der Waals surface area contributed by atoms with Crippen molar-refractivity contribution in [3.8, 4) is 10.4 Å². The van der Waals surface area contributed by atoms with Crippen LogP contribution >= 0.6 is 11.3 Å². The monoisotopic (exact) mass is 581 g/mol. The number of carbonyl (C=O) groups excluding carboxylic acids is 2. The van der Waals surface area contributed by atoms with Gasteiger partial charge in [0.05, 0.1) is 23.2 Å². The predicted molar refractivity (Wildman–Crippen MR) is 162 cm³/mol. The van der Waals surface area contributed by atoms with Gasteiger partial charge in [0, 0.05) is 35.3 Å². The molecule has 8 nitrogen and oxygen atoms in total. The van der Waals surface area contributed by atoms with Crippen LogP contribution in [-0.4, -0.2) is 47.1 Å². The number of thiophene rings is 1. The lowest BCUT2D eigenvalue weighted by atomic mass is 10.1. The summed E-state index contributed by atoms with van der Waals surface area (Å²) >= 11 is 1.28. The van der Waals surface area contributed by atoms with Crippen LogP contribution in [0.5, 0.6) is 0 Å². The Morgan fingerprint density at radius 1 is 1.17 bits per heavy atom. The Bertz CT molecular complexity index is 1740. The van der Waals surface area contributed by atoms with E-state index in [2.05, 4.69) is 15.1 Å². The summed E-state index contributed by atoms with van der Waals surface area (Å²) in [5.74, 6) is -0.568. The highest BCUT2D eigenvalue weighted by molar-refractivity contribution is 7.17. The zero-order valence-electron chi connectivity index (χ0n) is 23.1. The Morgan fingerprint density at radius 3 is 2.71 bits per heavy atom. The second kappa shape index (κ2) is 11.0. The van der Waals surface area contributed by atoms with Crippen molar-refractivity contribution in [1.82, 2.24) is 4.98 Å². The molecular formula is C32H28FN5O3S. The fraction of sp³-hybridized carbons (Fsp3) is 0.250. The number of carbonyl (C=O) groups is 2. The van der Waals surface area contributed by atoms with Crippen molar-refractivity contribution in [2.24, 2.45) is 0 Å². The molecule has 2 atom stereocenters. The van der Waals surface area contributed by atoms with Crippen LogP contribution in [0.15, 0.2) is 60.7 Å². The highest BCUT2D eigenvalue weighted by Crippen LogP contribution is 2.43. The van der Waals surface area contributed by atoms with Gasteiger partial charge in [-0.3, -0.25) is 9.59 Å². The molecule has 0 saturated carbocycles. The van der Waals surface area contributed by atoms with E-state index in [1.165, 1.54) is 17.4 Å². The summed E-state index contributed by atoms with van der Waals surface area (Å²) in [5.41, 5.74) is 3.64. The molecule has 0 spiro atoms. The molecule has 0 unspecified atom stereocenters. The Kier molecular flexibility index (Phi) is 7.22. The van der Waals surface area contributed by atoms with Crippen molar-refractivity contribution in [1.29, 1.82) is 0 Å². The molecule has 2 aliphatic rings. The number of hydrogen-bond acceptors (Lipinski definition) is 6. The van der Waals surface area contributed by atoms with Gasteiger partial charge in [0.1, 0.15) is 17.3 Å². The van der Waals surface area contributed by atoms with Gasteiger partial charge in [-0.25, -0.2) is 14.2 Å². The minimum Gasteiger partial charge on any atom is -0.391 e. The van der Waals surface area contributed by atoms with Crippen LogP contribution in [0.4, 0.5) is 27.3 Å². The molecule has 0 aliphatic carbocycles. The number of anilines is 3. The summed E-state index contributed by atoms with van der Waals surface area (Å²) in [6.07, 6.45) is 0.675. The van der Waals surface area contributed by atoms with Crippen molar-refractivity contribution < 1.29 is 19.1 Å². The predicted octanol–water partition coefficient (Wildman–Crippen LogP) is 6.22. The lowest BCUT2D eigenvalue weighted by Gasteiger charge is -2.25. The van der Waals surface area contributed by atoms with Gasteiger partial charge in [-0.1, -0.05) is 30.3 Å². The number of aliphatic hydroxyl groups excluding tert-OH is 1. The van der Waals surface area contributed by atoms with Crippen molar-refractivity contribution in [3.63, 3.8) is 0 Å². The summed E-state index contributed by atoms with van der Waals surface area (Å²) < 4.78 is 14.4. The minimum absolute atomic E-state index is 0.0997. The summed E-state index contributed by atoms with van der Waals surface area (Å²) in [6.45, 7) is 12.1. The lowest BCUT2D eigenvalue weighted by molar-refractivity contribution is 0.0981. The van der Waals surface area contributed by atoms with Gasteiger partial charge in [0.2, 0.25) is 0 Å². The summed E-state index contributed by atoms with van der Waals surface area (Å²) in [5, 5.41) is 12.8. The molecule has 212 valence electrons. The zero-order valence-corrected chi connectivity index (χ0v) is 23.9. The third kappa shape index (κ3) is 5.02. The van der Waals surface area contributed by atoms with Crippen LogP contribution in [0.3, 0.4) is 0 Å². The number of aryl methyl sites for hydroxylation is 1. The fourth-order valence-electron chi connectivity index (χ4n) is 5.65. The smallest absolute Gasteiger partial charge is 0.276 e. The maximum Gasteiger partial charge on any atom is 0.276 e. The molecule has 0 radical (unpaired) electrons. The van der Waals surface area contributed by atoms with Crippen LogP contribution in [-0.2, 0) is 6.42 Å². The van der Waals surface area contributed by atoms with E-state index in [1.807, 2.05) is 24.0 Å². The number of halogens is 1. The van der Waals surface area contributed by atoms with Crippen LogP contribution in [0, 0.1) is 19.3 Å². The molecule has 1 fully saturated rings. The second-order valence-electron chi connectivity index (χ2n) is 10.6. The average molecular weight is 582 g/mol. The van der Waals surface area contributed by atoms with E-state index in [-0.39, 0.29) is 23.3 Å². The number of aromatic nitrogens is 1. The number of amides is 2. The normalized spacial score (nSPS) is 17.7. The SMILES string of the molecule is [C-]#[N+]c1ccc2c(c1)N(C(=O)c1cccc(N3C[C@@H](O)C[C@@H]3C)n1)CCc1cc(C(=O)Nc3c(C)cccc3F)sc1-2. The molecular weight excluding hydrogens is 553 g/mol. The summed E-state index contributed by atoms with van der Waals surface area (Å²) in [4.78, 5) is 40.3. The number of para-hydroxylation sites is 1. The summed E-state index contributed by atoms with van der Waals surface area (Å²) in [7, 11) is 0. The van der Waals surface area contributed by atoms with E-state index in [1.54, 1.807) is 54.3 Å². The van der Waals surface area contributed by atoms with E-state index >= 15 is 0 Å². The van der Waals surface area contributed by atoms with Crippen LogP contribution in [0.2, 0.25) is 0 Å². The van der Waals surface area contributed by atoms with Gasteiger partial charge >= 0.3 is 0 Å². The Hall–Kier alpha value is -4.59. The number of β-amino-alcohol motifs (C(OH)–C–C–N with tert-alkyl or cyclic N) is 1. The molecule has 4 heterocycles. The second-order valence-corrected chi connectivity index (χ2v) is 11.7. The van der Waals surface area contributed by atoms with Crippen LogP contribution < -0.4 is 15.1 Å². The van der Waals surface area contributed by atoms with Gasteiger partial charge in [-0.2, -0.15) is 0 Å². The van der Waals surface area contributed by atoms with Gasteiger partial charge < -0.3 is 20.2 Å². The Labute approximate surface area is 246 Å². The number of pyridine rings is 1. The number of hydrogen-bond donors (Lipinski definition) is 2. The van der Waals surface area contributed by atoms with E-state index < -0.39 is 17.8 Å². The van der Waals surface area contributed by atoms with Gasteiger partial charge in [-0.05, 0) is 68.1 Å². The molecule has 1 saturated heterocycles. The molecule has 4 aromatic rings. The van der Waals surface area contributed by atoms with Crippen molar-refractivity contribution in [2.75, 3.05) is 28.2 Å². The summed E-state index contributed by atoms with van der Waals surface area (Å²) in [6, 6.07) is 17.0. The molecule has 10 heteroatoms. The minimum atomic E-state index is -0.499. The van der Waals surface area contributed by atoms with Crippen molar-refractivity contribution in [2.45, 2.75) is 38.8 Å². The first-order chi connectivity index (χ1) is 20.2. The molecule has 0 bridgehead atoms. The van der Waals surface area contributed by atoms with Crippen LogP contribution in [0.1, 0.15) is 44.6 Å². The molecule has 2 amide bonds. The average Bonchev–Trinajstić information content (AvgIpc) is 3.53. The maximum atomic E-state index is 14.4. The number of aliphatic hydroxyl groups is 1. The van der Waals surface area contributed by atoms with Crippen molar-refractivity contribution in [3.05, 3.63) is 99.6 Å². The number of nitrogens with one attached hydrogen (secondary N) is 1. The van der Waals surface area contributed by atoms with E-state index in [0.717, 1.165) is 16.0 Å². The first kappa shape index (κ1) is 27.6. The first-order valence-corrected chi connectivity index (χ1v) is 14.5. The van der Waals surface area contributed by atoms with E-state index in [0.29, 0.717) is 53.6 Å². The van der Waals surface area contributed by atoms with Gasteiger partial charge in [-0.15, -0.1) is 11.3 Å². The zero-order chi connectivity index (χ0) is 29.5. The third-order valence-electron chi connectivity index (χ3n) is 7.79. The van der Waals surface area contributed by atoms with Crippen LogP contribution in [0.25, 0.3) is 15.3 Å².